The summed E-state index contributed by atoms with van der Waals surface area (Å²) >= 11 is 1.27. The molecule has 9 nitrogen and oxygen atoms in total. The van der Waals surface area contributed by atoms with Gasteiger partial charge in [0.2, 0.25) is 5.75 Å². The van der Waals surface area contributed by atoms with Crippen LogP contribution in [0.15, 0.2) is 42.5 Å². The number of aromatic nitrogens is 1. The second kappa shape index (κ2) is 10.8. The van der Waals surface area contributed by atoms with Gasteiger partial charge in [-0.15, -0.1) is 0 Å². The van der Waals surface area contributed by atoms with Gasteiger partial charge in [0.15, 0.2) is 16.6 Å². The number of carbonyl (C=O) groups excluding carboxylic acids is 2. The Kier molecular flexibility index (Phi) is 7.49. The highest BCUT2D eigenvalue weighted by Gasteiger charge is 2.16. The molecule has 0 aliphatic rings. The van der Waals surface area contributed by atoms with Gasteiger partial charge in [-0.2, -0.15) is 0 Å². The zero-order chi connectivity index (χ0) is 26.7. The third kappa shape index (κ3) is 5.59. The van der Waals surface area contributed by atoms with Crippen LogP contribution >= 0.6 is 11.3 Å². The van der Waals surface area contributed by atoms with Crippen molar-refractivity contribution in [2.24, 2.45) is 0 Å². The molecule has 37 heavy (non-hydrogen) atoms. The van der Waals surface area contributed by atoms with Gasteiger partial charge in [-0.1, -0.05) is 29.0 Å². The van der Waals surface area contributed by atoms with Crippen molar-refractivity contribution >= 4 is 50.0 Å². The molecule has 0 saturated carbocycles. The van der Waals surface area contributed by atoms with Crippen LogP contribution in [-0.4, -0.2) is 38.3 Å². The van der Waals surface area contributed by atoms with Gasteiger partial charge in [0.1, 0.15) is 0 Å². The standard InChI is InChI=1S/C27H28N4O5S/c1-14-9-15(2)23(16(3)10-14)30-25(32)17-7-8-19-22(11-17)37-27(29-19)31-26(33)28-18-12-20(34-4)24(36-6)21(13-18)35-5/h7-13H,1-6H3,(H,30,32)(H2,28,29,31,33). The van der Waals surface area contributed by atoms with E-state index >= 15 is 0 Å². The number of amides is 3. The van der Waals surface area contributed by atoms with Crippen LogP contribution in [0.2, 0.25) is 0 Å². The third-order valence-electron chi connectivity index (χ3n) is 5.71. The fourth-order valence-electron chi connectivity index (χ4n) is 4.09. The van der Waals surface area contributed by atoms with Gasteiger partial charge in [-0.05, 0) is 50.1 Å². The highest BCUT2D eigenvalue weighted by Crippen LogP contribution is 2.40. The average Bonchev–Trinajstić information content (AvgIpc) is 3.26. The minimum atomic E-state index is -0.489. The van der Waals surface area contributed by atoms with E-state index in [0.717, 1.165) is 27.1 Å². The number of benzene rings is 3. The molecule has 3 aromatic carbocycles. The van der Waals surface area contributed by atoms with Crippen LogP contribution in [0, 0.1) is 20.8 Å². The maximum Gasteiger partial charge on any atom is 0.325 e. The van der Waals surface area contributed by atoms with Gasteiger partial charge in [0, 0.05) is 23.4 Å². The molecule has 0 aliphatic heterocycles. The maximum absolute atomic E-state index is 12.9. The zero-order valence-electron chi connectivity index (χ0n) is 21.4. The normalized spacial score (nSPS) is 10.6. The van der Waals surface area contributed by atoms with Crippen molar-refractivity contribution in [2.75, 3.05) is 37.3 Å². The van der Waals surface area contributed by atoms with Gasteiger partial charge in [-0.3, -0.25) is 10.1 Å². The summed E-state index contributed by atoms with van der Waals surface area (Å²) in [6.45, 7) is 5.98. The molecule has 3 amide bonds. The van der Waals surface area contributed by atoms with Crippen molar-refractivity contribution in [1.82, 2.24) is 4.98 Å². The zero-order valence-corrected chi connectivity index (χ0v) is 22.3. The molecule has 192 valence electrons. The Bertz CT molecular complexity index is 1450. The predicted octanol–water partition coefficient (Wildman–Crippen LogP) is 6.14. The summed E-state index contributed by atoms with van der Waals surface area (Å²) in [6, 6.07) is 12.1. The van der Waals surface area contributed by atoms with E-state index in [1.165, 1.54) is 32.7 Å². The van der Waals surface area contributed by atoms with Crippen molar-refractivity contribution < 1.29 is 23.8 Å². The number of methoxy groups -OCH3 is 3. The second-order valence-corrected chi connectivity index (χ2v) is 9.45. The third-order valence-corrected chi connectivity index (χ3v) is 6.64. The van der Waals surface area contributed by atoms with Crippen LogP contribution in [0.4, 0.5) is 21.3 Å². The molecular formula is C27H28N4O5S. The number of hydrogen-bond acceptors (Lipinski definition) is 7. The van der Waals surface area contributed by atoms with Gasteiger partial charge in [0.25, 0.3) is 5.91 Å². The lowest BCUT2D eigenvalue weighted by atomic mass is 10.0. The Hall–Kier alpha value is -4.31. The highest BCUT2D eigenvalue weighted by atomic mass is 32.1. The smallest absolute Gasteiger partial charge is 0.325 e. The van der Waals surface area contributed by atoms with E-state index in [4.69, 9.17) is 14.2 Å². The number of thiazole rings is 1. The summed E-state index contributed by atoms with van der Waals surface area (Å²) in [7, 11) is 4.51. The summed E-state index contributed by atoms with van der Waals surface area (Å²) in [6.07, 6.45) is 0. The van der Waals surface area contributed by atoms with Crippen molar-refractivity contribution in [3.63, 3.8) is 0 Å². The fraction of sp³-hybridized carbons (Fsp3) is 0.222. The number of fused-ring (bicyclic) bond motifs is 1. The number of aryl methyl sites for hydroxylation is 3. The van der Waals surface area contributed by atoms with Gasteiger partial charge in [0.05, 0.1) is 37.2 Å². The largest absolute Gasteiger partial charge is 0.493 e. The minimum Gasteiger partial charge on any atom is -0.493 e. The first-order valence-electron chi connectivity index (χ1n) is 11.4. The lowest BCUT2D eigenvalue weighted by Crippen LogP contribution is -2.19. The average molecular weight is 521 g/mol. The van der Waals surface area contributed by atoms with Crippen molar-refractivity contribution in [3.05, 3.63) is 64.7 Å². The number of hydrogen-bond donors (Lipinski definition) is 3. The van der Waals surface area contributed by atoms with E-state index in [0.29, 0.717) is 39.1 Å². The lowest BCUT2D eigenvalue weighted by Gasteiger charge is -2.14. The Labute approximate surface area is 218 Å². The second-order valence-electron chi connectivity index (χ2n) is 8.42. The number of anilines is 3. The monoisotopic (exact) mass is 520 g/mol. The molecule has 1 heterocycles. The van der Waals surface area contributed by atoms with Crippen molar-refractivity contribution in [1.29, 1.82) is 0 Å². The Balaban J connectivity index is 1.49. The quantitative estimate of drug-likeness (QED) is 0.270. The molecule has 0 aliphatic carbocycles. The van der Waals surface area contributed by atoms with Crippen LogP contribution in [0.1, 0.15) is 27.0 Å². The molecule has 0 atom stereocenters. The lowest BCUT2D eigenvalue weighted by molar-refractivity contribution is 0.102. The summed E-state index contributed by atoms with van der Waals surface area (Å²) in [5.74, 6) is 1.05. The minimum absolute atomic E-state index is 0.208. The molecule has 0 spiro atoms. The van der Waals surface area contributed by atoms with E-state index in [2.05, 4.69) is 20.9 Å². The molecule has 0 radical (unpaired) electrons. The Morgan fingerprint density at radius 1 is 0.811 bits per heavy atom. The first-order chi connectivity index (χ1) is 17.7. The van der Waals surface area contributed by atoms with Crippen LogP contribution in [-0.2, 0) is 0 Å². The topological polar surface area (TPSA) is 111 Å². The molecule has 0 fully saturated rings. The summed E-state index contributed by atoms with van der Waals surface area (Å²) < 4.78 is 16.7. The summed E-state index contributed by atoms with van der Waals surface area (Å²) in [5, 5.41) is 8.89. The van der Waals surface area contributed by atoms with Crippen LogP contribution in [0.25, 0.3) is 10.2 Å². The molecule has 3 N–H and O–H groups in total. The first-order valence-corrected chi connectivity index (χ1v) is 12.2. The van der Waals surface area contributed by atoms with Gasteiger partial charge < -0.3 is 24.8 Å². The molecule has 4 aromatic rings. The number of nitrogens with one attached hydrogen (secondary N) is 3. The molecule has 0 saturated heterocycles. The van der Waals surface area contributed by atoms with Gasteiger partial charge in [-0.25, -0.2) is 9.78 Å². The molecule has 1 aromatic heterocycles. The molecule has 0 bridgehead atoms. The van der Waals surface area contributed by atoms with E-state index < -0.39 is 6.03 Å². The molecule has 10 heteroatoms. The van der Waals surface area contributed by atoms with E-state index in [1.807, 2.05) is 32.9 Å². The molecule has 4 rings (SSSR count). The van der Waals surface area contributed by atoms with Crippen LogP contribution in [0.5, 0.6) is 17.2 Å². The number of nitrogens with zero attached hydrogens (tertiary/aromatic N) is 1. The number of rotatable bonds is 7. The highest BCUT2D eigenvalue weighted by molar-refractivity contribution is 7.22. The van der Waals surface area contributed by atoms with Crippen molar-refractivity contribution in [2.45, 2.75) is 20.8 Å². The summed E-state index contributed by atoms with van der Waals surface area (Å²) in [4.78, 5) is 30.1. The maximum atomic E-state index is 12.9. The Morgan fingerprint density at radius 3 is 2.05 bits per heavy atom. The predicted molar refractivity (Wildman–Crippen MR) is 147 cm³/mol. The fourth-order valence-corrected chi connectivity index (χ4v) is 5.00. The first kappa shape index (κ1) is 25.8. The van der Waals surface area contributed by atoms with Crippen LogP contribution in [0.3, 0.4) is 0 Å². The van der Waals surface area contributed by atoms with Crippen molar-refractivity contribution in [3.8, 4) is 17.2 Å². The van der Waals surface area contributed by atoms with E-state index in [-0.39, 0.29) is 5.91 Å². The SMILES string of the molecule is COc1cc(NC(=O)Nc2nc3ccc(C(=O)Nc4c(C)cc(C)cc4C)cc3s2)cc(OC)c1OC. The Morgan fingerprint density at radius 2 is 1.46 bits per heavy atom. The summed E-state index contributed by atoms with van der Waals surface area (Å²) in [5.41, 5.74) is 5.60. The molecule has 0 unspecified atom stereocenters. The molecular weight excluding hydrogens is 492 g/mol. The number of ether oxygens (including phenoxy) is 3. The van der Waals surface area contributed by atoms with E-state index in [1.54, 1.807) is 30.3 Å². The van der Waals surface area contributed by atoms with Gasteiger partial charge >= 0.3 is 6.03 Å². The number of urea groups is 1. The van der Waals surface area contributed by atoms with Crippen LogP contribution < -0.4 is 30.2 Å². The van der Waals surface area contributed by atoms with E-state index in [9.17, 15) is 9.59 Å². The number of carbonyl (C=O) groups is 2.